The molecule has 5 nitrogen and oxygen atoms in total. The van der Waals surface area contributed by atoms with Crippen molar-refractivity contribution in [3.63, 3.8) is 0 Å². The van der Waals surface area contributed by atoms with Crippen LogP contribution in [0.4, 0.5) is 0 Å². The van der Waals surface area contributed by atoms with Crippen LogP contribution in [0.2, 0.25) is 0 Å². The van der Waals surface area contributed by atoms with Crippen molar-refractivity contribution < 1.29 is 14.3 Å². The second-order valence-electron chi connectivity index (χ2n) is 4.40. The molecule has 1 aromatic carbocycles. The maximum Gasteiger partial charge on any atom is 0.233 e. The van der Waals surface area contributed by atoms with Gasteiger partial charge in [0.15, 0.2) is 11.5 Å². The molecule has 6 heteroatoms. The lowest BCUT2D eigenvalue weighted by molar-refractivity contribution is -0.120. The van der Waals surface area contributed by atoms with Crippen LogP contribution in [0.3, 0.4) is 0 Å². The second kappa shape index (κ2) is 10.3. The van der Waals surface area contributed by atoms with Gasteiger partial charge in [-0.3, -0.25) is 4.79 Å². The van der Waals surface area contributed by atoms with E-state index in [0.717, 1.165) is 5.75 Å². The van der Waals surface area contributed by atoms with Gasteiger partial charge in [0.2, 0.25) is 5.91 Å². The van der Waals surface area contributed by atoms with Crippen molar-refractivity contribution in [3.05, 3.63) is 24.3 Å². The number of methoxy groups -OCH3 is 1. The highest BCUT2D eigenvalue weighted by molar-refractivity contribution is 5.85. The third-order valence-corrected chi connectivity index (χ3v) is 2.58. The van der Waals surface area contributed by atoms with Crippen LogP contribution in [0.5, 0.6) is 11.5 Å². The molecular formula is C14H23ClN2O3. The van der Waals surface area contributed by atoms with Gasteiger partial charge in [0.25, 0.3) is 0 Å². The molecule has 1 rings (SSSR count). The van der Waals surface area contributed by atoms with Gasteiger partial charge in [0, 0.05) is 12.5 Å². The van der Waals surface area contributed by atoms with Crippen LogP contribution in [0.15, 0.2) is 24.3 Å². The van der Waals surface area contributed by atoms with E-state index < -0.39 is 0 Å². The molecule has 114 valence electrons. The van der Waals surface area contributed by atoms with E-state index in [-0.39, 0.29) is 24.2 Å². The van der Waals surface area contributed by atoms with Gasteiger partial charge in [-0.05, 0) is 19.2 Å². The Hall–Kier alpha value is -1.46. The number of para-hydroxylation sites is 2. The van der Waals surface area contributed by atoms with E-state index in [2.05, 4.69) is 10.6 Å². The number of hydrogen-bond donors (Lipinski definition) is 2. The van der Waals surface area contributed by atoms with Crippen molar-refractivity contribution in [2.45, 2.75) is 6.92 Å². The topological polar surface area (TPSA) is 59.6 Å². The molecule has 1 amide bonds. The summed E-state index contributed by atoms with van der Waals surface area (Å²) in [5.41, 5.74) is 0. The largest absolute Gasteiger partial charge is 0.493 e. The highest BCUT2D eigenvalue weighted by atomic mass is 35.5. The molecule has 0 radical (unpaired) electrons. The maximum absolute atomic E-state index is 11.3. The normalized spacial score (nSPS) is 11.2. The number of halogens is 1. The quantitative estimate of drug-likeness (QED) is 0.763. The molecule has 0 aliphatic rings. The van der Waals surface area contributed by atoms with Crippen LogP contribution in [-0.4, -0.2) is 39.8 Å². The summed E-state index contributed by atoms with van der Waals surface area (Å²) in [4.78, 5) is 11.3. The van der Waals surface area contributed by atoms with Crippen molar-refractivity contribution in [1.29, 1.82) is 0 Å². The highest BCUT2D eigenvalue weighted by Gasteiger charge is 2.08. The minimum atomic E-state index is -0.00774. The lowest BCUT2D eigenvalue weighted by atomic mass is 10.2. The SMILES string of the molecule is CNCC(=O)NCC(C)COc1ccccc1OC.Cl. The van der Waals surface area contributed by atoms with Gasteiger partial charge in [-0.1, -0.05) is 19.1 Å². The van der Waals surface area contributed by atoms with Crippen LogP contribution in [-0.2, 0) is 4.79 Å². The van der Waals surface area contributed by atoms with E-state index >= 15 is 0 Å². The molecule has 0 fully saturated rings. The van der Waals surface area contributed by atoms with E-state index in [1.165, 1.54) is 0 Å². The highest BCUT2D eigenvalue weighted by Crippen LogP contribution is 2.25. The first-order chi connectivity index (χ1) is 9.17. The predicted octanol–water partition coefficient (Wildman–Crippen LogP) is 1.47. The molecule has 0 saturated carbocycles. The van der Waals surface area contributed by atoms with Crippen molar-refractivity contribution in [2.24, 2.45) is 5.92 Å². The fourth-order valence-electron chi connectivity index (χ4n) is 1.54. The Kier molecular flexibility index (Phi) is 9.59. The van der Waals surface area contributed by atoms with Crippen LogP contribution < -0.4 is 20.1 Å². The van der Waals surface area contributed by atoms with E-state index in [9.17, 15) is 4.79 Å². The number of nitrogens with one attached hydrogen (secondary N) is 2. The number of benzene rings is 1. The zero-order valence-electron chi connectivity index (χ0n) is 12.1. The first-order valence-corrected chi connectivity index (χ1v) is 6.34. The zero-order chi connectivity index (χ0) is 14.1. The number of amides is 1. The Morgan fingerprint density at radius 3 is 2.55 bits per heavy atom. The third-order valence-electron chi connectivity index (χ3n) is 2.58. The van der Waals surface area contributed by atoms with Gasteiger partial charge in [-0.15, -0.1) is 12.4 Å². The van der Waals surface area contributed by atoms with Crippen LogP contribution in [0, 0.1) is 5.92 Å². The molecule has 0 bridgehead atoms. The smallest absolute Gasteiger partial charge is 0.233 e. The van der Waals surface area contributed by atoms with Crippen LogP contribution in [0.25, 0.3) is 0 Å². The molecule has 1 unspecified atom stereocenters. The van der Waals surface area contributed by atoms with Crippen molar-refractivity contribution in [3.8, 4) is 11.5 Å². The monoisotopic (exact) mass is 302 g/mol. The molecule has 0 heterocycles. The van der Waals surface area contributed by atoms with Gasteiger partial charge >= 0.3 is 0 Å². The van der Waals surface area contributed by atoms with Crippen molar-refractivity contribution >= 4 is 18.3 Å². The average Bonchev–Trinajstić information content (AvgIpc) is 2.43. The lowest BCUT2D eigenvalue weighted by Gasteiger charge is -2.15. The van der Waals surface area contributed by atoms with Gasteiger partial charge in [0.05, 0.1) is 20.3 Å². The number of rotatable bonds is 8. The first kappa shape index (κ1) is 18.5. The second-order valence-corrected chi connectivity index (χ2v) is 4.40. The fourth-order valence-corrected chi connectivity index (χ4v) is 1.54. The Balaban J connectivity index is 0.00000361. The number of ether oxygens (including phenoxy) is 2. The summed E-state index contributed by atoms with van der Waals surface area (Å²) in [6.45, 7) is 3.48. The molecule has 0 spiro atoms. The molecule has 1 aromatic rings. The van der Waals surface area contributed by atoms with Gasteiger partial charge in [-0.2, -0.15) is 0 Å². The molecule has 1 atom stereocenters. The van der Waals surface area contributed by atoms with E-state index in [1.807, 2.05) is 31.2 Å². The summed E-state index contributed by atoms with van der Waals surface area (Å²) in [6, 6.07) is 7.52. The summed E-state index contributed by atoms with van der Waals surface area (Å²) in [5, 5.41) is 5.64. The van der Waals surface area contributed by atoms with Crippen molar-refractivity contribution in [1.82, 2.24) is 10.6 Å². The van der Waals surface area contributed by atoms with Gasteiger partial charge in [0.1, 0.15) is 0 Å². The van der Waals surface area contributed by atoms with Crippen LogP contribution in [0.1, 0.15) is 6.92 Å². The minimum absolute atomic E-state index is 0. The van der Waals surface area contributed by atoms with Gasteiger partial charge in [-0.25, -0.2) is 0 Å². The van der Waals surface area contributed by atoms with E-state index in [1.54, 1.807) is 14.2 Å². The number of carbonyl (C=O) groups is 1. The summed E-state index contributed by atoms with van der Waals surface area (Å²) in [7, 11) is 3.36. The molecule has 0 aliphatic heterocycles. The number of likely N-dealkylation sites (N-methyl/N-ethyl adjacent to an activating group) is 1. The summed E-state index contributed by atoms with van der Waals surface area (Å²) >= 11 is 0. The number of carbonyl (C=O) groups excluding carboxylic acids is 1. The lowest BCUT2D eigenvalue weighted by Crippen LogP contribution is -2.36. The Labute approximate surface area is 126 Å². The average molecular weight is 303 g/mol. The van der Waals surface area contributed by atoms with Gasteiger partial charge < -0.3 is 20.1 Å². The maximum atomic E-state index is 11.3. The van der Waals surface area contributed by atoms with E-state index in [4.69, 9.17) is 9.47 Å². The fraction of sp³-hybridized carbons (Fsp3) is 0.500. The Morgan fingerprint density at radius 1 is 1.30 bits per heavy atom. The predicted molar refractivity (Wildman–Crippen MR) is 81.8 cm³/mol. The van der Waals surface area contributed by atoms with Crippen molar-refractivity contribution in [2.75, 3.05) is 33.9 Å². The minimum Gasteiger partial charge on any atom is -0.493 e. The molecule has 2 N–H and O–H groups in total. The third kappa shape index (κ3) is 6.63. The first-order valence-electron chi connectivity index (χ1n) is 6.34. The number of hydrogen-bond acceptors (Lipinski definition) is 4. The summed E-state index contributed by atoms with van der Waals surface area (Å²) in [6.07, 6.45) is 0. The zero-order valence-corrected chi connectivity index (χ0v) is 13.0. The summed E-state index contributed by atoms with van der Waals surface area (Å²) < 4.78 is 10.9. The molecule has 20 heavy (non-hydrogen) atoms. The molecular weight excluding hydrogens is 280 g/mol. The standard InChI is InChI=1S/C14H22N2O3.ClH/c1-11(8-16-14(17)9-15-2)10-19-13-7-5-4-6-12(13)18-3;/h4-7,11,15H,8-10H2,1-3H3,(H,16,17);1H. The Bertz CT molecular complexity index is 402. The molecule has 0 saturated heterocycles. The van der Waals surface area contributed by atoms with Crippen LogP contribution >= 0.6 is 12.4 Å². The molecule has 0 aliphatic carbocycles. The molecule has 0 aromatic heterocycles. The summed E-state index contributed by atoms with van der Waals surface area (Å²) in [5.74, 6) is 1.66. The van der Waals surface area contributed by atoms with E-state index in [0.29, 0.717) is 25.4 Å². The Morgan fingerprint density at radius 2 is 1.95 bits per heavy atom.